The van der Waals surface area contributed by atoms with Crippen LogP contribution in [-0.2, 0) is 16.1 Å². The van der Waals surface area contributed by atoms with Gasteiger partial charge in [-0.2, -0.15) is 0 Å². The summed E-state index contributed by atoms with van der Waals surface area (Å²) >= 11 is 11.8. The fourth-order valence-electron chi connectivity index (χ4n) is 3.71. The second-order valence-electron chi connectivity index (χ2n) is 9.60. The number of hydrogen-bond donors (Lipinski definition) is 4. The van der Waals surface area contributed by atoms with Gasteiger partial charge in [-0.3, -0.25) is 9.78 Å². The number of alkyl carbamates (subject to hydrolysis) is 1. The molecule has 0 aliphatic carbocycles. The summed E-state index contributed by atoms with van der Waals surface area (Å²) in [5.74, 6) is 0.771. The van der Waals surface area contributed by atoms with Crippen LogP contribution in [0.3, 0.4) is 0 Å². The summed E-state index contributed by atoms with van der Waals surface area (Å²) < 4.78 is 16.5. The number of halogens is 1. The number of ether oxygens (including phenoxy) is 3. The van der Waals surface area contributed by atoms with Crippen LogP contribution in [0.4, 0.5) is 10.5 Å². The maximum Gasteiger partial charge on any atom is 0.407 e. The standard InChI is InChI=1S/C27H34ClN5O5S/c1-27(2,3)38-26(35)31-11-6-14-37-21-16-29-12-9-17(21)15-32-19-10-13-30-24(34)22(19)25(39)33-20-8-5-7-18(28)23(20)36-4/h5,7-9,12,16,32H,6,10-11,13-15H2,1-4H3,(H,30,34)(H,31,35)(H,33,39). The Morgan fingerprint density at radius 2 is 2.05 bits per heavy atom. The van der Waals surface area contributed by atoms with Crippen molar-refractivity contribution < 1.29 is 23.8 Å². The maximum absolute atomic E-state index is 12.8. The minimum atomic E-state index is -0.547. The molecule has 0 bridgehead atoms. The predicted molar refractivity (Wildman–Crippen MR) is 154 cm³/mol. The number of nitrogens with zero attached hydrogens (tertiary/aromatic N) is 1. The van der Waals surface area contributed by atoms with Crippen LogP contribution in [0.2, 0.25) is 5.02 Å². The van der Waals surface area contributed by atoms with Crippen LogP contribution in [-0.4, -0.2) is 54.4 Å². The summed E-state index contributed by atoms with van der Waals surface area (Å²) in [4.78, 5) is 29.0. The topological polar surface area (TPSA) is 123 Å². The lowest BCUT2D eigenvalue weighted by atomic mass is 10.1. The first-order valence-corrected chi connectivity index (χ1v) is 13.3. The number of rotatable bonds is 11. The molecule has 12 heteroatoms. The van der Waals surface area contributed by atoms with Gasteiger partial charge in [0, 0.05) is 43.5 Å². The largest absolute Gasteiger partial charge is 0.493 e. The highest BCUT2D eigenvalue weighted by atomic mass is 35.5. The molecule has 0 atom stereocenters. The van der Waals surface area contributed by atoms with Gasteiger partial charge in [-0.05, 0) is 45.4 Å². The molecule has 0 saturated carbocycles. The van der Waals surface area contributed by atoms with E-state index < -0.39 is 11.7 Å². The Bertz CT molecular complexity index is 1230. The lowest BCUT2D eigenvalue weighted by Crippen LogP contribution is -2.39. The third-order valence-corrected chi connectivity index (χ3v) is 6.05. The number of aromatic nitrogens is 1. The lowest BCUT2D eigenvalue weighted by molar-refractivity contribution is -0.117. The lowest BCUT2D eigenvalue weighted by Gasteiger charge is -2.24. The van der Waals surface area contributed by atoms with Gasteiger partial charge >= 0.3 is 6.09 Å². The molecule has 0 saturated heterocycles. The number of methoxy groups -OCH3 is 1. The zero-order valence-corrected chi connectivity index (χ0v) is 24.1. The van der Waals surface area contributed by atoms with Crippen molar-refractivity contribution >= 4 is 46.5 Å². The molecule has 2 amide bonds. The Labute approximate surface area is 238 Å². The molecule has 210 valence electrons. The quantitative estimate of drug-likeness (QED) is 0.229. The molecule has 2 aromatic rings. The van der Waals surface area contributed by atoms with Gasteiger partial charge in [0.1, 0.15) is 16.3 Å². The molecule has 1 aromatic heterocycles. The highest BCUT2D eigenvalue weighted by molar-refractivity contribution is 7.81. The summed E-state index contributed by atoms with van der Waals surface area (Å²) in [6.45, 7) is 7.10. The maximum atomic E-state index is 12.8. The van der Waals surface area contributed by atoms with Gasteiger partial charge in [0.05, 0.1) is 36.2 Å². The van der Waals surface area contributed by atoms with Crippen LogP contribution < -0.4 is 30.7 Å². The predicted octanol–water partition coefficient (Wildman–Crippen LogP) is 4.34. The van der Waals surface area contributed by atoms with Crippen molar-refractivity contribution in [1.29, 1.82) is 0 Å². The molecule has 1 aliphatic rings. The van der Waals surface area contributed by atoms with E-state index in [1.807, 2.05) is 26.8 Å². The molecule has 0 fully saturated rings. The Kier molecular flexibility index (Phi) is 10.8. The van der Waals surface area contributed by atoms with Crippen LogP contribution in [0.15, 0.2) is 47.9 Å². The van der Waals surface area contributed by atoms with E-state index in [0.717, 1.165) is 5.56 Å². The molecule has 1 aliphatic heterocycles. The highest BCUT2D eigenvalue weighted by Gasteiger charge is 2.25. The second kappa shape index (κ2) is 14.0. The van der Waals surface area contributed by atoms with Crippen molar-refractivity contribution in [3.8, 4) is 11.5 Å². The molecule has 2 heterocycles. The SMILES string of the molecule is COc1c(Cl)cccc1NC(=S)C1=C(NCc2ccncc2OCCCNC(=O)OC(C)(C)C)CCNC1=O. The number of nitrogens with one attached hydrogen (secondary N) is 4. The van der Waals surface area contributed by atoms with Crippen molar-refractivity contribution in [2.45, 2.75) is 45.8 Å². The minimum Gasteiger partial charge on any atom is -0.493 e. The molecular formula is C27H34ClN5O5S. The van der Waals surface area contributed by atoms with Gasteiger partial charge in [-0.1, -0.05) is 29.9 Å². The number of carbonyl (C=O) groups is 2. The number of thiocarbonyl (C=S) groups is 1. The zero-order valence-electron chi connectivity index (χ0n) is 22.5. The summed E-state index contributed by atoms with van der Waals surface area (Å²) in [5, 5.41) is 12.4. The fourth-order valence-corrected chi connectivity index (χ4v) is 4.29. The first-order chi connectivity index (χ1) is 18.6. The second-order valence-corrected chi connectivity index (χ2v) is 10.4. The van der Waals surface area contributed by atoms with Crippen LogP contribution >= 0.6 is 23.8 Å². The molecular weight excluding hydrogens is 542 g/mol. The Hall–Kier alpha value is -3.57. The monoisotopic (exact) mass is 575 g/mol. The van der Waals surface area contributed by atoms with E-state index in [-0.39, 0.29) is 10.9 Å². The molecule has 10 nitrogen and oxygen atoms in total. The van der Waals surface area contributed by atoms with Crippen molar-refractivity contribution in [3.05, 3.63) is 58.5 Å². The minimum absolute atomic E-state index is 0.249. The first-order valence-electron chi connectivity index (χ1n) is 12.5. The molecule has 39 heavy (non-hydrogen) atoms. The molecule has 1 aromatic carbocycles. The van der Waals surface area contributed by atoms with Crippen molar-refractivity contribution in [2.75, 3.05) is 32.1 Å². The number of amides is 2. The van der Waals surface area contributed by atoms with Gasteiger partial charge in [0.15, 0.2) is 5.75 Å². The average molecular weight is 576 g/mol. The third-order valence-electron chi connectivity index (χ3n) is 5.44. The van der Waals surface area contributed by atoms with E-state index >= 15 is 0 Å². The fraction of sp³-hybridized carbons (Fsp3) is 0.407. The van der Waals surface area contributed by atoms with Gasteiger partial charge in [0.25, 0.3) is 5.91 Å². The number of hydrogen-bond acceptors (Lipinski definition) is 8. The molecule has 3 rings (SSSR count). The zero-order chi connectivity index (χ0) is 28.4. The van der Waals surface area contributed by atoms with E-state index in [2.05, 4.69) is 26.3 Å². The van der Waals surface area contributed by atoms with Crippen molar-refractivity contribution in [2.24, 2.45) is 0 Å². The smallest absolute Gasteiger partial charge is 0.407 e. The molecule has 0 spiro atoms. The Balaban J connectivity index is 1.62. The summed E-state index contributed by atoms with van der Waals surface area (Å²) in [6, 6.07) is 7.09. The van der Waals surface area contributed by atoms with Gasteiger partial charge in [-0.15, -0.1) is 0 Å². The Morgan fingerprint density at radius 3 is 2.79 bits per heavy atom. The summed E-state index contributed by atoms with van der Waals surface area (Å²) in [6.07, 6.45) is 4.01. The normalized spacial score (nSPS) is 13.3. The number of para-hydroxylation sites is 1. The van der Waals surface area contributed by atoms with E-state index in [1.54, 1.807) is 30.6 Å². The molecule has 4 N–H and O–H groups in total. The summed E-state index contributed by atoms with van der Waals surface area (Å²) in [7, 11) is 1.51. The van der Waals surface area contributed by atoms with Crippen LogP contribution in [0.25, 0.3) is 0 Å². The third kappa shape index (κ3) is 9.00. The van der Waals surface area contributed by atoms with E-state index in [9.17, 15) is 9.59 Å². The number of benzene rings is 1. The summed E-state index contributed by atoms with van der Waals surface area (Å²) in [5.41, 5.74) is 1.93. The number of anilines is 1. The van der Waals surface area contributed by atoms with Gasteiger partial charge < -0.3 is 35.5 Å². The average Bonchev–Trinajstić information content (AvgIpc) is 2.87. The van der Waals surface area contributed by atoms with E-state index in [1.165, 1.54) is 7.11 Å². The van der Waals surface area contributed by atoms with Crippen LogP contribution in [0.1, 0.15) is 39.2 Å². The van der Waals surface area contributed by atoms with Gasteiger partial charge in [0.2, 0.25) is 0 Å². The van der Waals surface area contributed by atoms with Gasteiger partial charge in [-0.25, -0.2) is 4.79 Å². The van der Waals surface area contributed by atoms with Crippen LogP contribution in [0, 0.1) is 0 Å². The first kappa shape index (κ1) is 30.0. The Morgan fingerprint density at radius 1 is 1.26 bits per heavy atom. The number of carbonyl (C=O) groups excluding carboxylic acids is 2. The van der Waals surface area contributed by atoms with E-state index in [4.69, 9.17) is 38.0 Å². The van der Waals surface area contributed by atoms with E-state index in [0.29, 0.717) is 72.6 Å². The molecule has 0 radical (unpaired) electrons. The van der Waals surface area contributed by atoms with Crippen LogP contribution in [0.5, 0.6) is 11.5 Å². The highest BCUT2D eigenvalue weighted by Crippen LogP contribution is 2.33. The van der Waals surface area contributed by atoms with Crippen molar-refractivity contribution in [3.63, 3.8) is 0 Å². The molecule has 0 unspecified atom stereocenters. The van der Waals surface area contributed by atoms with Crippen molar-refractivity contribution in [1.82, 2.24) is 20.9 Å². The number of pyridine rings is 1.